The van der Waals surface area contributed by atoms with Gasteiger partial charge in [-0.05, 0) is 24.3 Å². The Morgan fingerprint density at radius 3 is 2.48 bits per heavy atom. The summed E-state index contributed by atoms with van der Waals surface area (Å²) in [5, 5.41) is 11.2. The lowest BCUT2D eigenvalue weighted by molar-refractivity contribution is -0.114. The van der Waals surface area contributed by atoms with Gasteiger partial charge in [0.25, 0.3) is 0 Å². The van der Waals surface area contributed by atoms with Gasteiger partial charge in [0.05, 0.1) is 11.9 Å². The molecule has 0 radical (unpaired) electrons. The third kappa shape index (κ3) is 6.68. The fourth-order valence-electron chi connectivity index (χ4n) is 2.54. The zero-order valence-electron chi connectivity index (χ0n) is 17.2. The van der Waals surface area contributed by atoms with Gasteiger partial charge in [0.15, 0.2) is 10.1 Å². The molecule has 1 N–H and O–H groups in total. The number of carbonyl (C=O) groups excluding carboxylic acids is 1. The molecule has 8 nitrogen and oxygen atoms in total. The van der Waals surface area contributed by atoms with Crippen LogP contribution >= 0.6 is 23.1 Å². The van der Waals surface area contributed by atoms with Crippen molar-refractivity contribution in [1.82, 2.24) is 10.2 Å². The highest BCUT2D eigenvalue weighted by molar-refractivity contribution is 8.01. The Bertz CT molecular complexity index is 1130. The molecule has 11 heteroatoms. The summed E-state index contributed by atoms with van der Waals surface area (Å²) in [7, 11) is -3.78. The first-order valence-corrected chi connectivity index (χ1v) is 12.9. The lowest BCUT2D eigenvalue weighted by atomic mass is 10.3. The number of benzene rings is 2. The predicted octanol–water partition coefficient (Wildman–Crippen LogP) is 4.24. The van der Waals surface area contributed by atoms with Crippen LogP contribution in [-0.4, -0.2) is 42.6 Å². The van der Waals surface area contributed by atoms with Gasteiger partial charge in [0.1, 0.15) is 12.3 Å². The molecule has 0 aliphatic carbocycles. The van der Waals surface area contributed by atoms with Crippen LogP contribution in [0, 0.1) is 0 Å². The van der Waals surface area contributed by atoms with Crippen LogP contribution in [0.4, 0.5) is 10.8 Å². The number of amides is 1. The summed E-state index contributed by atoms with van der Waals surface area (Å²) in [6.07, 6.45) is 1.04. The quantitative estimate of drug-likeness (QED) is 0.363. The molecule has 0 unspecified atom stereocenters. The summed E-state index contributed by atoms with van der Waals surface area (Å²) in [5.74, 6) is 0.340. The first-order chi connectivity index (χ1) is 14.7. The molecule has 0 bridgehead atoms. The summed E-state index contributed by atoms with van der Waals surface area (Å²) < 4.78 is 32.6. The van der Waals surface area contributed by atoms with E-state index in [1.165, 1.54) is 23.1 Å². The second-order valence-corrected chi connectivity index (χ2v) is 11.4. The Morgan fingerprint density at radius 2 is 1.81 bits per heavy atom. The molecule has 0 aliphatic rings. The van der Waals surface area contributed by atoms with Crippen LogP contribution in [0.25, 0.3) is 0 Å². The Labute approximate surface area is 189 Å². The SMILES string of the molecule is CC(C)Sc1nnc(NC(=O)CN(c2ccccc2Oc2ccccc2)S(C)(=O)=O)s1. The third-order valence-corrected chi connectivity index (χ3v) is 6.83. The van der Waals surface area contributed by atoms with Crippen molar-refractivity contribution in [3.63, 3.8) is 0 Å². The molecule has 2 aromatic carbocycles. The molecule has 0 aliphatic heterocycles. The maximum absolute atomic E-state index is 12.6. The van der Waals surface area contributed by atoms with Crippen molar-refractivity contribution in [2.24, 2.45) is 0 Å². The number of hydrogen-bond acceptors (Lipinski definition) is 8. The number of ether oxygens (including phenoxy) is 1. The topological polar surface area (TPSA) is 101 Å². The van der Waals surface area contributed by atoms with Gasteiger partial charge in [-0.2, -0.15) is 0 Å². The monoisotopic (exact) mass is 478 g/mol. The minimum atomic E-state index is -3.78. The molecule has 164 valence electrons. The second-order valence-electron chi connectivity index (χ2n) is 6.74. The number of carbonyl (C=O) groups is 1. The number of aromatic nitrogens is 2. The van der Waals surface area contributed by atoms with E-state index in [4.69, 9.17) is 4.74 Å². The molecular weight excluding hydrogens is 456 g/mol. The fraction of sp³-hybridized carbons (Fsp3) is 0.250. The van der Waals surface area contributed by atoms with E-state index < -0.39 is 22.5 Å². The summed E-state index contributed by atoms with van der Waals surface area (Å²) in [6.45, 7) is 3.63. The summed E-state index contributed by atoms with van der Waals surface area (Å²) in [6, 6.07) is 15.7. The van der Waals surface area contributed by atoms with Gasteiger partial charge in [-0.1, -0.05) is 67.3 Å². The van der Waals surface area contributed by atoms with E-state index in [0.29, 0.717) is 21.9 Å². The number of para-hydroxylation sites is 3. The highest BCUT2D eigenvalue weighted by atomic mass is 32.2. The van der Waals surface area contributed by atoms with Crippen molar-refractivity contribution in [1.29, 1.82) is 0 Å². The average Bonchev–Trinajstić information content (AvgIpc) is 3.12. The summed E-state index contributed by atoms with van der Waals surface area (Å²) in [4.78, 5) is 12.6. The smallest absolute Gasteiger partial charge is 0.246 e. The normalized spacial score (nSPS) is 11.4. The Hall–Kier alpha value is -2.63. The lowest BCUT2D eigenvalue weighted by Crippen LogP contribution is -2.37. The molecule has 1 amide bonds. The first kappa shape index (κ1) is 23.0. The Morgan fingerprint density at radius 1 is 1.13 bits per heavy atom. The van der Waals surface area contributed by atoms with Crippen molar-refractivity contribution in [2.45, 2.75) is 23.4 Å². The van der Waals surface area contributed by atoms with E-state index in [-0.39, 0.29) is 5.69 Å². The van der Waals surface area contributed by atoms with Gasteiger partial charge in [0, 0.05) is 5.25 Å². The average molecular weight is 479 g/mol. The van der Waals surface area contributed by atoms with Crippen LogP contribution < -0.4 is 14.4 Å². The molecule has 0 saturated heterocycles. The van der Waals surface area contributed by atoms with Crippen LogP contribution in [0.5, 0.6) is 11.5 Å². The van der Waals surface area contributed by atoms with E-state index in [9.17, 15) is 13.2 Å². The summed E-state index contributed by atoms with van der Waals surface area (Å²) in [5.41, 5.74) is 0.261. The van der Waals surface area contributed by atoms with Gasteiger partial charge in [-0.25, -0.2) is 8.42 Å². The van der Waals surface area contributed by atoms with Crippen molar-refractivity contribution in [2.75, 3.05) is 22.4 Å². The van der Waals surface area contributed by atoms with Crippen LogP contribution in [0.15, 0.2) is 58.9 Å². The van der Waals surface area contributed by atoms with E-state index in [1.54, 1.807) is 36.4 Å². The largest absolute Gasteiger partial charge is 0.455 e. The van der Waals surface area contributed by atoms with Crippen molar-refractivity contribution < 1.29 is 17.9 Å². The summed E-state index contributed by atoms with van der Waals surface area (Å²) >= 11 is 2.78. The molecule has 0 atom stereocenters. The van der Waals surface area contributed by atoms with Crippen LogP contribution in [0.2, 0.25) is 0 Å². The number of nitrogens with one attached hydrogen (secondary N) is 1. The molecule has 0 saturated carbocycles. The Balaban J connectivity index is 1.80. The van der Waals surface area contributed by atoms with E-state index >= 15 is 0 Å². The molecule has 0 fully saturated rings. The number of anilines is 2. The number of rotatable bonds is 9. The maximum Gasteiger partial charge on any atom is 0.246 e. The molecule has 3 aromatic rings. The molecule has 1 aromatic heterocycles. The zero-order chi connectivity index (χ0) is 22.4. The Kier molecular flexibility index (Phi) is 7.52. The van der Waals surface area contributed by atoms with Gasteiger partial charge in [-0.3, -0.25) is 14.4 Å². The maximum atomic E-state index is 12.6. The highest BCUT2D eigenvalue weighted by Crippen LogP contribution is 2.33. The minimum absolute atomic E-state index is 0.261. The second kappa shape index (κ2) is 10.1. The molecular formula is C20H22N4O4S3. The zero-order valence-corrected chi connectivity index (χ0v) is 19.6. The first-order valence-electron chi connectivity index (χ1n) is 9.32. The number of thioether (sulfide) groups is 1. The van der Waals surface area contributed by atoms with Gasteiger partial charge < -0.3 is 4.74 Å². The van der Waals surface area contributed by atoms with Crippen LogP contribution in [-0.2, 0) is 14.8 Å². The van der Waals surface area contributed by atoms with Gasteiger partial charge in [0.2, 0.25) is 21.1 Å². The molecule has 0 spiro atoms. The highest BCUT2D eigenvalue weighted by Gasteiger charge is 2.25. The fourth-order valence-corrected chi connectivity index (χ4v) is 5.40. The predicted molar refractivity (Wildman–Crippen MR) is 125 cm³/mol. The van der Waals surface area contributed by atoms with Crippen molar-refractivity contribution in [3.05, 3.63) is 54.6 Å². The number of nitrogens with zero attached hydrogens (tertiary/aromatic N) is 3. The lowest BCUT2D eigenvalue weighted by Gasteiger charge is -2.24. The standard InChI is InChI=1S/C20H22N4O4S3/c1-14(2)29-20-23-22-19(30-20)21-18(25)13-24(31(3,26)27)16-11-7-8-12-17(16)28-15-9-5-4-6-10-15/h4-12,14H,13H2,1-3H3,(H,21,22,25). The van der Waals surface area contributed by atoms with E-state index in [0.717, 1.165) is 14.9 Å². The molecule has 31 heavy (non-hydrogen) atoms. The molecule has 1 heterocycles. The van der Waals surface area contributed by atoms with Gasteiger partial charge in [-0.15, -0.1) is 10.2 Å². The van der Waals surface area contributed by atoms with Gasteiger partial charge >= 0.3 is 0 Å². The van der Waals surface area contributed by atoms with Crippen molar-refractivity contribution in [3.8, 4) is 11.5 Å². The number of sulfonamides is 1. The van der Waals surface area contributed by atoms with Crippen LogP contribution in [0.1, 0.15) is 13.8 Å². The van der Waals surface area contributed by atoms with Crippen LogP contribution in [0.3, 0.4) is 0 Å². The molecule has 3 rings (SSSR count). The van der Waals surface area contributed by atoms with E-state index in [2.05, 4.69) is 15.5 Å². The van der Waals surface area contributed by atoms with E-state index in [1.807, 2.05) is 32.0 Å². The van der Waals surface area contributed by atoms with Crippen molar-refractivity contribution >= 4 is 49.8 Å². The number of hydrogen-bond donors (Lipinski definition) is 1. The minimum Gasteiger partial charge on any atom is -0.455 e. The third-order valence-electron chi connectivity index (χ3n) is 3.78.